The van der Waals surface area contributed by atoms with Crippen molar-refractivity contribution in [3.63, 3.8) is 0 Å². The van der Waals surface area contributed by atoms with E-state index in [1.54, 1.807) is 97.1 Å². The van der Waals surface area contributed by atoms with E-state index in [1.807, 2.05) is 12.1 Å². The molecule has 0 aliphatic carbocycles. The van der Waals surface area contributed by atoms with Crippen LogP contribution in [-0.2, 0) is 4.79 Å². The van der Waals surface area contributed by atoms with Crippen molar-refractivity contribution in [1.82, 2.24) is 0 Å². The lowest BCUT2D eigenvalue weighted by Gasteiger charge is -2.20. The van der Waals surface area contributed by atoms with E-state index in [9.17, 15) is 9.59 Å². The van der Waals surface area contributed by atoms with Gasteiger partial charge in [-0.3, -0.25) is 9.59 Å². The van der Waals surface area contributed by atoms with Gasteiger partial charge in [-0.25, -0.2) is 0 Å². The largest absolute Gasteiger partial charge is 0.446 e. The van der Waals surface area contributed by atoms with Crippen LogP contribution in [0.1, 0.15) is 10.4 Å². The Hall–Kier alpha value is -4.29. The van der Waals surface area contributed by atoms with E-state index in [4.69, 9.17) is 21.1 Å². The van der Waals surface area contributed by atoms with Gasteiger partial charge < -0.3 is 20.1 Å². The fourth-order valence-electron chi connectivity index (χ4n) is 3.09. The molecule has 0 saturated carbocycles. The van der Waals surface area contributed by atoms with E-state index in [-0.39, 0.29) is 5.91 Å². The van der Waals surface area contributed by atoms with Crippen LogP contribution in [0.25, 0.3) is 0 Å². The van der Waals surface area contributed by atoms with Crippen molar-refractivity contribution in [2.45, 2.75) is 6.29 Å². The summed E-state index contributed by atoms with van der Waals surface area (Å²) in [4.78, 5) is 25.6. The van der Waals surface area contributed by atoms with Gasteiger partial charge in [-0.15, -0.1) is 0 Å². The highest BCUT2D eigenvalue weighted by molar-refractivity contribution is 6.31. The zero-order valence-corrected chi connectivity index (χ0v) is 18.7. The standard InChI is InChI=1S/C27H21ClN2O4/c28-20-10-7-9-19(17-20)25(31)29-21-11-8-12-22(18-21)30-26(32)27(33-23-13-3-1-4-14-23)34-24-15-5-2-6-16-24/h1-18,27H,(H,29,31)(H,30,32). The Bertz CT molecular complexity index is 1220. The minimum absolute atomic E-state index is 0.316. The van der Waals surface area contributed by atoms with Gasteiger partial charge >= 0.3 is 12.2 Å². The molecule has 0 heterocycles. The number of rotatable bonds is 8. The average Bonchev–Trinajstić information content (AvgIpc) is 2.85. The molecule has 34 heavy (non-hydrogen) atoms. The zero-order valence-electron chi connectivity index (χ0n) is 18.0. The number of carbonyl (C=O) groups is 2. The fourth-order valence-corrected chi connectivity index (χ4v) is 3.28. The van der Waals surface area contributed by atoms with Crippen molar-refractivity contribution in [2.75, 3.05) is 10.6 Å². The molecule has 0 unspecified atom stereocenters. The summed E-state index contributed by atoms with van der Waals surface area (Å²) < 4.78 is 11.6. The molecule has 6 nitrogen and oxygen atoms in total. The number of amides is 2. The minimum Gasteiger partial charge on any atom is -0.446 e. The van der Waals surface area contributed by atoms with E-state index < -0.39 is 12.2 Å². The Morgan fingerprint density at radius 3 is 1.79 bits per heavy atom. The lowest BCUT2D eigenvalue weighted by atomic mass is 10.2. The molecule has 0 spiro atoms. The van der Waals surface area contributed by atoms with Crippen molar-refractivity contribution in [3.8, 4) is 11.5 Å². The van der Waals surface area contributed by atoms with Crippen molar-refractivity contribution in [3.05, 3.63) is 120 Å². The van der Waals surface area contributed by atoms with Gasteiger partial charge in [-0.2, -0.15) is 0 Å². The first-order chi connectivity index (χ1) is 16.6. The maximum Gasteiger partial charge on any atom is 0.321 e. The average molecular weight is 473 g/mol. The van der Waals surface area contributed by atoms with Gasteiger partial charge in [0.15, 0.2) is 0 Å². The normalized spacial score (nSPS) is 10.4. The van der Waals surface area contributed by atoms with Gasteiger partial charge in [0.05, 0.1) is 0 Å². The summed E-state index contributed by atoms with van der Waals surface area (Å²) in [6.07, 6.45) is -1.24. The second-order valence-corrected chi connectivity index (χ2v) is 7.66. The predicted octanol–water partition coefficient (Wildman–Crippen LogP) is 6.01. The highest BCUT2D eigenvalue weighted by Gasteiger charge is 2.23. The van der Waals surface area contributed by atoms with Crippen molar-refractivity contribution in [1.29, 1.82) is 0 Å². The zero-order chi connectivity index (χ0) is 23.8. The molecule has 2 N–H and O–H groups in total. The van der Waals surface area contributed by atoms with Crippen LogP contribution in [0.15, 0.2) is 109 Å². The van der Waals surface area contributed by atoms with Crippen molar-refractivity contribution in [2.24, 2.45) is 0 Å². The van der Waals surface area contributed by atoms with Crippen LogP contribution >= 0.6 is 11.6 Å². The molecule has 0 atom stereocenters. The number of halogens is 1. The summed E-state index contributed by atoms with van der Waals surface area (Å²) in [6.45, 7) is 0. The van der Waals surface area contributed by atoms with Gasteiger partial charge in [0.2, 0.25) is 0 Å². The monoisotopic (exact) mass is 472 g/mol. The molecule has 0 saturated heterocycles. The Balaban J connectivity index is 1.47. The third-order valence-corrected chi connectivity index (χ3v) is 4.90. The van der Waals surface area contributed by atoms with Gasteiger partial charge in [0, 0.05) is 22.0 Å². The summed E-state index contributed by atoms with van der Waals surface area (Å²) in [5.74, 6) is 0.150. The van der Waals surface area contributed by atoms with Crippen LogP contribution in [0, 0.1) is 0 Å². The lowest BCUT2D eigenvalue weighted by molar-refractivity contribution is -0.134. The summed E-state index contributed by atoms with van der Waals surface area (Å²) in [6, 6.07) is 31.3. The molecule has 0 bridgehead atoms. The molecule has 0 fully saturated rings. The topological polar surface area (TPSA) is 76.7 Å². The Kier molecular flexibility index (Phi) is 7.42. The van der Waals surface area contributed by atoms with E-state index in [1.165, 1.54) is 0 Å². The predicted molar refractivity (Wildman–Crippen MR) is 132 cm³/mol. The van der Waals surface area contributed by atoms with E-state index >= 15 is 0 Å². The number of hydrogen-bond donors (Lipinski definition) is 2. The Morgan fingerprint density at radius 1 is 0.647 bits per heavy atom. The van der Waals surface area contributed by atoms with E-state index in [0.717, 1.165) is 0 Å². The third-order valence-electron chi connectivity index (χ3n) is 4.66. The van der Waals surface area contributed by atoms with Gasteiger partial charge in [-0.1, -0.05) is 60.1 Å². The molecule has 2 amide bonds. The lowest BCUT2D eigenvalue weighted by Crippen LogP contribution is -2.38. The molecule has 0 aliphatic heterocycles. The van der Waals surface area contributed by atoms with Gasteiger partial charge in [0.25, 0.3) is 5.91 Å². The van der Waals surface area contributed by atoms with Crippen LogP contribution in [0.3, 0.4) is 0 Å². The molecular formula is C27H21ClN2O4. The first kappa shape index (κ1) is 22.9. The second kappa shape index (κ2) is 11.0. The highest BCUT2D eigenvalue weighted by atomic mass is 35.5. The van der Waals surface area contributed by atoms with Crippen LogP contribution in [-0.4, -0.2) is 18.1 Å². The van der Waals surface area contributed by atoms with Crippen molar-refractivity contribution >= 4 is 34.8 Å². The summed E-state index contributed by atoms with van der Waals surface area (Å²) in [5.41, 5.74) is 1.40. The number of nitrogens with one attached hydrogen (secondary N) is 2. The van der Waals surface area contributed by atoms with Gasteiger partial charge in [-0.05, 0) is 60.7 Å². The molecule has 4 rings (SSSR count). The Labute approximate surface area is 202 Å². The van der Waals surface area contributed by atoms with Crippen molar-refractivity contribution < 1.29 is 19.1 Å². The molecule has 170 valence electrons. The summed E-state index contributed by atoms with van der Waals surface area (Å²) >= 11 is 5.97. The number of para-hydroxylation sites is 2. The molecule has 0 radical (unpaired) electrons. The first-order valence-electron chi connectivity index (χ1n) is 10.5. The molecule has 0 aromatic heterocycles. The molecule has 0 aliphatic rings. The number of ether oxygens (including phenoxy) is 2. The first-order valence-corrected chi connectivity index (χ1v) is 10.9. The smallest absolute Gasteiger partial charge is 0.321 e. The number of carbonyl (C=O) groups excluding carboxylic acids is 2. The number of benzene rings is 4. The second-order valence-electron chi connectivity index (χ2n) is 7.23. The van der Waals surface area contributed by atoms with Crippen LogP contribution in [0.4, 0.5) is 11.4 Å². The Morgan fingerprint density at radius 2 is 1.21 bits per heavy atom. The molecular weight excluding hydrogens is 452 g/mol. The maximum atomic E-state index is 13.1. The maximum absolute atomic E-state index is 13.1. The van der Waals surface area contributed by atoms with Crippen LogP contribution in [0.5, 0.6) is 11.5 Å². The van der Waals surface area contributed by atoms with E-state index in [2.05, 4.69) is 10.6 Å². The quantitative estimate of drug-likeness (QED) is 0.308. The SMILES string of the molecule is O=C(Nc1cccc(NC(=O)C(Oc2ccccc2)Oc2ccccc2)c1)c1cccc(Cl)c1. The highest BCUT2D eigenvalue weighted by Crippen LogP contribution is 2.20. The number of anilines is 2. The van der Waals surface area contributed by atoms with Crippen LogP contribution in [0.2, 0.25) is 5.02 Å². The molecule has 4 aromatic carbocycles. The van der Waals surface area contributed by atoms with Gasteiger partial charge in [0.1, 0.15) is 11.5 Å². The van der Waals surface area contributed by atoms with E-state index in [0.29, 0.717) is 33.5 Å². The fraction of sp³-hybridized carbons (Fsp3) is 0.0370. The minimum atomic E-state index is -1.24. The van der Waals surface area contributed by atoms with Crippen LogP contribution < -0.4 is 20.1 Å². The summed E-state index contributed by atoms with van der Waals surface area (Å²) in [7, 11) is 0. The third kappa shape index (κ3) is 6.37. The molecule has 4 aromatic rings. The summed E-state index contributed by atoms with van der Waals surface area (Å²) in [5, 5.41) is 6.05. The molecule has 7 heteroatoms. The number of hydrogen-bond acceptors (Lipinski definition) is 4.